The van der Waals surface area contributed by atoms with E-state index in [9.17, 15) is 14.9 Å². The molecule has 1 N–H and O–H groups in total. The van der Waals surface area contributed by atoms with Gasteiger partial charge in [0, 0.05) is 17.7 Å². The smallest absolute Gasteiger partial charge is 0.270 e. The number of rotatable bonds is 4. The number of non-ortho nitro benzene ring substituents is 1. The van der Waals surface area contributed by atoms with E-state index in [2.05, 4.69) is 17.2 Å². The van der Waals surface area contributed by atoms with Crippen LogP contribution in [0.4, 0.5) is 10.8 Å². The number of hydrogen-bond donors (Lipinski definition) is 1. The third-order valence-corrected chi connectivity index (χ3v) is 4.36. The molecular formula is C16H13N3O3S. The van der Waals surface area contributed by atoms with Gasteiger partial charge in [0.15, 0.2) is 5.13 Å². The number of nitro groups is 1. The first-order valence-electron chi connectivity index (χ1n) is 7.02. The van der Waals surface area contributed by atoms with Crippen LogP contribution in [-0.4, -0.2) is 15.8 Å². The number of nitrogens with one attached hydrogen (secondary N) is 1. The molecule has 0 fully saturated rings. The summed E-state index contributed by atoms with van der Waals surface area (Å²) < 4.78 is 0.663. The van der Waals surface area contributed by atoms with Crippen molar-refractivity contribution < 1.29 is 9.72 Å². The summed E-state index contributed by atoms with van der Waals surface area (Å²) in [4.78, 5) is 26.8. The molecule has 3 rings (SSSR count). The molecule has 0 saturated carbocycles. The lowest BCUT2D eigenvalue weighted by atomic mass is 10.1. The van der Waals surface area contributed by atoms with E-state index in [0.29, 0.717) is 20.9 Å². The quantitative estimate of drug-likeness (QED) is 0.579. The summed E-state index contributed by atoms with van der Waals surface area (Å²) in [5, 5.41) is 13.9. The topological polar surface area (TPSA) is 85.1 Å². The molecule has 0 radical (unpaired) electrons. The van der Waals surface area contributed by atoms with Crippen molar-refractivity contribution in [2.24, 2.45) is 0 Å². The lowest BCUT2D eigenvalue weighted by Gasteiger charge is -2.02. The van der Waals surface area contributed by atoms with Crippen LogP contribution in [0, 0.1) is 10.1 Å². The predicted octanol–water partition coefficient (Wildman–Crippen LogP) is 4.02. The highest BCUT2D eigenvalue weighted by Crippen LogP contribution is 2.29. The molecule has 116 valence electrons. The van der Waals surface area contributed by atoms with Crippen molar-refractivity contribution in [1.82, 2.24) is 4.98 Å². The van der Waals surface area contributed by atoms with Crippen LogP contribution in [0.15, 0.2) is 42.5 Å². The summed E-state index contributed by atoms with van der Waals surface area (Å²) >= 11 is 1.21. The van der Waals surface area contributed by atoms with E-state index < -0.39 is 4.92 Å². The number of amides is 1. The first kappa shape index (κ1) is 15.1. The van der Waals surface area contributed by atoms with Crippen LogP contribution in [0.25, 0.3) is 10.2 Å². The molecule has 1 amide bonds. The lowest BCUT2D eigenvalue weighted by molar-refractivity contribution is -0.384. The van der Waals surface area contributed by atoms with Gasteiger partial charge in [-0.05, 0) is 30.2 Å². The van der Waals surface area contributed by atoms with E-state index in [1.807, 2.05) is 12.1 Å². The highest BCUT2D eigenvalue weighted by atomic mass is 32.1. The van der Waals surface area contributed by atoms with E-state index in [1.54, 1.807) is 18.2 Å². The number of nitro benzene ring substituents is 1. The molecular weight excluding hydrogens is 314 g/mol. The Labute approximate surface area is 135 Å². The fraction of sp³-hybridized carbons (Fsp3) is 0.125. The molecule has 0 saturated heterocycles. The van der Waals surface area contributed by atoms with Gasteiger partial charge in [-0.2, -0.15) is 0 Å². The molecule has 2 aromatic carbocycles. The third kappa shape index (κ3) is 3.19. The van der Waals surface area contributed by atoms with Crippen molar-refractivity contribution in [2.45, 2.75) is 13.3 Å². The molecule has 0 spiro atoms. The first-order valence-corrected chi connectivity index (χ1v) is 7.83. The molecule has 0 aliphatic rings. The SMILES string of the molecule is CCc1ccc(C(=O)Nc2nc3ccc([N+](=O)[O-])cc3s2)cc1. The molecule has 1 heterocycles. The number of aromatic nitrogens is 1. The number of thiazole rings is 1. The van der Waals surface area contributed by atoms with Crippen molar-refractivity contribution >= 4 is 38.3 Å². The van der Waals surface area contributed by atoms with Crippen LogP contribution in [0.2, 0.25) is 0 Å². The average molecular weight is 327 g/mol. The fourth-order valence-corrected chi connectivity index (χ4v) is 3.04. The number of nitrogens with zero attached hydrogens (tertiary/aromatic N) is 2. The van der Waals surface area contributed by atoms with Gasteiger partial charge < -0.3 is 0 Å². The number of anilines is 1. The van der Waals surface area contributed by atoms with E-state index in [0.717, 1.165) is 12.0 Å². The Bertz CT molecular complexity index is 887. The average Bonchev–Trinajstić information content (AvgIpc) is 2.96. The molecule has 0 unspecified atom stereocenters. The van der Waals surface area contributed by atoms with Crippen molar-refractivity contribution in [3.8, 4) is 0 Å². The molecule has 0 bridgehead atoms. The zero-order valence-corrected chi connectivity index (χ0v) is 13.1. The minimum atomic E-state index is -0.452. The number of aryl methyl sites for hydroxylation is 1. The molecule has 3 aromatic rings. The Morgan fingerprint density at radius 3 is 2.65 bits per heavy atom. The van der Waals surface area contributed by atoms with Crippen LogP contribution in [-0.2, 0) is 6.42 Å². The zero-order valence-electron chi connectivity index (χ0n) is 12.3. The van der Waals surface area contributed by atoms with Gasteiger partial charge in [0.1, 0.15) is 0 Å². The molecule has 1 aromatic heterocycles. The standard InChI is InChI=1S/C16H13N3O3S/c1-2-10-3-5-11(6-4-10)15(20)18-16-17-13-8-7-12(19(21)22)9-14(13)23-16/h3-9H,2H2,1H3,(H,17,18,20). The van der Waals surface area contributed by atoms with Crippen LogP contribution in [0.5, 0.6) is 0 Å². The van der Waals surface area contributed by atoms with Crippen LogP contribution < -0.4 is 5.32 Å². The van der Waals surface area contributed by atoms with Gasteiger partial charge in [0.05, 0.1) is 15.1 Å². The van der Waals surface area contributed by atoms with E-state index in [4.69, 9.17) is 0 Å². The van der Waals surface area contributed by atoms with Gasteiger partial charge in [-0.25, -0.2) is 4.98 Å². The van der Waals surface area contributed by atoms with E-state index in [-0.39, 0.29) is 11.6 Å². The minimum Gasteiger partial charge on any atom is -0.298 e. The largest absolute Gasteiger partial charge is 0.298 e. The molecule has 23 heavy (non-hydrogen) atoms. The molecule has 6 nitrogen and oxygen atoms in total. The monoisotopic (exact) mass is 327 g/mol. The van der Waals surface area contributed by atoms with Crippen molar-refractivity contribution in [1.29, 1.82) is 0 Å². The van der Waals surface area contributed by atoms with E-state index in [1.165, 1.54) is 23.5 Å². The van der Waals surface area contributed by atoms with Gasteiger partial charge in [-0.3, -0.25) is 20.2 Å². The van der Waals surface area contributed by atoms with Crippen LogP contribution >= 0.6 is 11.3 Å². The second kappa shape index (κ2) is 6.13. The summed E-state index contributed by atoms with van der Waals surface area (Å²) in [7, 11) is 0. The summed E-state index contributed by atoms with van der Waals surface area (Å²) in [5.41, 5.74) is 2.34. The fourth-order valence-electron chi connectivity index (χ4n) is 2.14. The Balaban J connectivity index is 1.82. The Hall–Kier alpha value is -2.80. The second-order valence-electron chi connectivity index (χ2n) is 4.93. The number of carbonyl (C=O) groups excluding carboxylic acids is 1. The highest BCUT2D eigenvalue weighted by molar-refractivity contribution is 7.22. The van der Waals surface area contributed by atoms with Gasteiger partial charge in [0.25, 0.3) is 11.6 Å². The third-order valence-electron chi connectivity index (χ3n) is 3.43. The maximum atomic E-state index is 12.2. The van der Waals surface area contributed by atoms with E-state index >= 15 is 0 Å². The highest BCUT2D eigenvalue weighted by Gasteiger charge is 2.12. The summed E-state index contributed by atoms with van der Waals surface area (Å²) in [6.45, 7) is 2.05. The zero-order chi connectivity index (χ0) is 16.4. The minimum absolute atomic E-state index is 0.00850. The van der Waals surface area contributed by atoms with Gasteiger partial charge in [-0.1, -0.05) is 30.4 Å². The summed E-state index contributed by atoms with van der Waals surface area (Å²) in [5.74, 6) is -0.249. The van der Waals surface area contributed by atoms with Gasteiger partial charge in [-0.15, -0.1) is 0 Å². The molecule has 7 heteroatoms. The lowest BCUT2D eigenvalue weighted by Crippen LogP contribution is -2.11. The molecule has 0 aliphatic carbocycles. The maximum Gasteiger partial charge on any atom is 0.270 e. The van der Waals surface area contributed by atoms with Gasteiger partial charge >= 0.3 is 0 Å². The van der Waals surface area contributed by atoms with Crippen molar-refractivity contribution in [2.75, 3.05) is 5.32 Å². The normalized spacial score (nSPS) is 10.7. The molecule has 0 atom stereocenters. The number of carbonyl (C=O) groups is 1. The number of fused-ring (bicyclic) bond motifs is 1. The Morgan fingerprint density at radius 1 is 1.26 bits per heavy atom. The number of hydrogen-bond acceptors (Lipinski definition) is 5. The summed E-state index contributed by atoms with van der Waals surface area (Å²) in [6, 6.07) is 11.8. The van der Waals surface area contributed by atoms with Crippen LogP contribution in [0.3, 0.4) is 0 Å². The molecule has 0 aliphatic heterocycles. The second-order valence-corrected chi connectivity index (χ2v) is 5.96. The predicted molar refractivity (Wildman–Crippen MR) is 90.0 cm³/mol. The van der Waals surface area contributed by atoms with Crippen molar-refractivity contribution in [3.63, 3.8) is 0 Å². The van der Waals surface area contributed by atoms with Crippen molar-refractivity contribution in [3.05, 3.63) is 63.7 Å². The Kier molecular flexibility index (Phi) is 4.03. The maximum absolute atomic E-state index is 12.2. The summed E-state index contributed by atoms with van der Waals surface area (Å²) in [6.07, 6.45) is 0.915. The number of benzene rings is 2. The Morgan fingerprint density at radius 2 is 2.00 bits per heavy atom. The van der Waals surface area contributed by atoms with Crippen LogP contribution in [0.1, 0.15) is 22.8 Å². The first-order chi connectivity index (χ1) is 11.1. The van der Waals surface area contributed by atoms with Gasteiger partial charge in [0.2, 0.25) is 0 Å².